The van der Waals surface area contributed by atoms with E-state index in [0.717, 1.165) is 31.0 Å². The van der Waals surface area contributed by atoms with E-state index in [9.17, 15) is 0 Å². The van der Waals surface area contributed by atoms with Crippen molar-refractivity contribution in [3.8, 4) is 5.75 Å². The summed E-state index contributed by atoms with van der Waals surface area (Å²) in [6.45, 7) is 6.67. The average molecular weight is 194 g/mol. The van der Waals surface area contributed by atoms with Crippen molar-refractivity contribution in [1.29, 1.82) is 0 Å². The number of hydrogen-bond donors (Lipinski definition) is 1. The molecule has 14 heavy (non-hydrogen) atoms. The molecule has 1 rings (SSSR count). The molecular weight excluding hydrogens is 176 g/mol. The second-order valence-corrected chi connectivity index (χ2v) is 3.09. The third-order valence-electron chi connectivity index (χ3n) is 1.83. The fraction of sp³-hybridized carbons (Fsp3) is 0.545. The van der Waals surface area contributed by atoms with Gasteiger partial charge < -0.3 is 10.1 Å². The molecule has 0 aromatic carbocycles. The predicted octanol–water partition coefficient (Wildman–Crippen LogP) is 1.98. The average Bonchev–Trinajstić information content (AvgIpc) is 2.19. The highest BCUT2D eigenvalue weighted by atomic mass is 16.5. The molecule has 3 nitrogen and oxygen atoms in total. The van der Waals surface area contributed by atoms with Gasteiger partial charge in [-0.1, -0.05) is 6.92 Å². The van der Waals surface area contributed by atoms with Gasteiger partial charge >= 0.3 is 0 Å². The van der Waals surface area contributed by atoms with Crippen LogP contribution < -0.4 is 10.1 Å². The van der Waals surface area contributed by atoms with E-state index in [-0.39, 0.29) is 0 Å². The quantitative estimate of drug-likeness (QED) is 0.703. The lowest BCUT2D eigenvalue weighted by Crippen LogP contribution is -2.14. The van der Waals surface area contributed by atoms with Crippen molar-refractivity contribution in [2.45, 2.75) is 26.8 Å². The Morgan fingerprint density at radius 1 is 1.43 bits per heavy atom. The molecule has 0 bridgehead atoms. The van der Waals surface area contributed by atoms with Crippen molar-refractivity contribution in [3.63, 3.8) is 0 Å². The van der Waals surface area contributed by atoms with Crippen LogP contribution in [0.3, 0.4) is 0 Å². The maximum absolute atomic E-state index is 5.39. The lowest BCUT2D eigenvalue weighted by Gasteiger charge is -2.05. The minimum Gasteiger partial charge on any atom is -0.494 e. The van der Waals surface area contributed by atoms with Crippen molar-refractivity contribution in [1.82, 2.24) is 10.3 Å². The fourth-order valence-corrected chi connectivity index (χ4v) is 1.20. The van der Waals surface area contributed by atoms with Gasteiger partial charge in [0.25, 0.3) is 0 Å². The summed E-state index contributed by atoms with van der Waals surface area (Å²) < 4.78 is 5.39. The molecule has 0 unspecified atom stereocenters. The molecule has 0 aliphatic carbocycles. The summed E-state index contributed by atoms with van der Waals surface area (Å²) >= 11 is 0. The van der Waals surface area contributed by atoms with Crippen LogP contribution in [0.5, 0.6) is 5.75 Å². The van der Waals surface area contributed by atoms with Gasteiger partial charge in [0.05, 0.1) is 12.3 Å². The van der Waals surface area contributed by atoms with E-state index in [1.807, 2.05) is 19.1 Å². The van der Waals surface area contributed by atoms with Crippen LogP contribution in [0.25, 0.3) is 0 Å². The largest absolute Gasteiger partial charge is 0.494 e. The molecule has 0 saturated heterocycles. The number of hydrogen-bond acceptors (Lipinski definition) is 3. The Bertz CT molecular complexity index is 263. The Kier molecular flexibility index (Phi) is 5.00. The number of aromatic nitrogens is 1. The van der Waals surface area contributed by atoms with Crippen molar-refractivity contribution < 1.29 is 4.74 Å². The van der Waals surface area contributed by atoms with E-state index in [1.54, 1.807) is 6.20 Å². The van der Waals surface area contributed by atoms with Crippen LogP contribution in [0.15, 0.2) is 18.3 Å². The lowest BCUT2D eigenvalue weighted by molar-refractivity contribution is 0.339. The molecule has 1 aromatic rings. The normalized spacial score (nSPS) is 10.1. The lowest BCUT2D eigenvalue weighted by atomic mass is 10.3. The van der Waals surface area contributed by atoms with E-state index in [0.29, 0.717) is 6.61 Å². The van der Waals surface area contributed by atoms with Crippen molar-refractivity contribution >= 4 is 0 Å². The van der Waals surface area contributed by atoms with Crippen LogP contribution in [0.2, 0.25) is 0 Å². The van der Waals surface area contributed by atoms with Crippen LogP contribution in [0.1, 0.15) is 26.0 Å². The zero-order valence-electron chi connectivity index (χ0n) is 8.92. The summed E-state index contributed by atoms with van der Waals surface area (Å²) in [7, 11) is 0. The van der Waals surface area contributed by atoms with Crippen LogP contribution in [-0.2, 0) is 6.54 Å². The monoisotopic (exact) mass is 194 g/mol. The summed E-state index contributed by atoms with van der Waals surface area (Å²) in [6.07, 6.45) is 2.93. The summed E-state index contributed by atoms with van der Waals surface area (Å²) in [5, 5.41) is 3.30. The summed E-state index contributed by atoms with van der Waals surface area (Å²) in [5.74, 6) is 0.899. The molecule has 0 amide bonds. The smallest absolute Gasteiger partial charge is 0.122 e. The molecule has 0 fully saturated rings. The van der Waals surface area contributed by atoms with Crippen LogP contribution in [0, 0.1) is 0 Å². The molecular formula is C11H18N2O. The van der Waals surface area contributed by atoms with Crippen LogP contribution in [-0.4, -0.2) is 18.1 Å². The Morgan fingerprint density at radius 3 is 3.00 bits per heavy atom. The van der Waals surface area contributed by atoms with Gasteiger partial charge in [-0.2, -0.15) is 0 Å². The topological polar surface area (TPSA) is 34.1 Å². The van der Waals surface area contributed by atoms with Gasteiger partial charge in [-0.3, -0.25) is 4.98 Å². The predicted molar refractivity (Wildman–Crippen MR) is 57.4 cm³/mol. The minimum atomic E-state index is 0.700. The standard InChI is InChI=1S/C11H18N2O/c1-3-6-12-9-10-8-11(14-4-2)5-7-13-10/h5,7-8,12H,3-4,6,9H2,1-2H3. The van der Waals surface area contributed by atoms with Crippen molar-refractivity contribution in [2.24, 2.45) is 0 Å². The Morgan fingerprint density at radius 2 is 2.29 bits per heavy atom. The third-order valence-corrected chi connectivity index (χ3v) is 1.83. The first kappa shape index (κ1) is 11.0. The van der Waals surface area contributed by atoms with Gasteiger partial charge in [0.1, 0.15) is 5.75 Å². The number of nitrogens with one attached hydrogen (secondary N) is 1. The maximum Gasteiger partial charge on any atom is 0.122 e. The van der Waals surface area contributed by atoms with Gasteiger partial charge in [-0.25, -0.2) is 0 Å². The molecule has 0 saturated carbocycles. The maximum atomic E-state index is 5.39. The number of rotatable bonds is 6. The van der Waals surface area contributed by atoms with Gasteiger partial charge in [-0.15, -0.1) is 0 Å². The summed E-state index contributed by atoms with van der Waals surface area (Å²) in [4.78, 5) is 4.25. The molecule has 1 aromatic heterocycles. The zero-order valence-corrected chi connectivity index (χ0v) is 8.92. The first-order chi connectivity index (χ1) is 6.86. The van der Waals surface area contributed by atoms with Crippen molar-refractivity contribution in [2.75, 3.05) is 13.2 Å². The van der Waals surface area contributed by atoms with E-state index in [2.05, 4.69) is 17.2 Å². The minimum absolute atomic E-state index is 0.700. The van der Waals surface area contributed by atoms with Crippen LogP contribution >= 0.6 is 0 Å². The van der Waals surface area contributed by atoms with Gasteiger partial charge in [0, 0.05) is 18.8 Å². The summed E-state index contributed by atoms with van der Waals surface area (Å²) in [5.41, 5.74) is 1.03. The molecule has 3 heteroatoms. The highest BCUT2D eigenvalue weighted by Gasteiger charge is 1.96. The van der Waals surface area contributed by atoms with E-state index in [4.69, 9.17) is 4.74 Å². The fourth-order valence-electron chi connectivity index (χ4n) is 1.20. The Hall–Kier alpha value is -1.09. The second kappa shape index (κ2) is 6.38. The first-order valence-electron chi connectivity index (χ1n) is 5.15. The molecule has 1 heterocycles. The Balaban J connectivity index is 2.46. The highest BCUT2D eigenvalue weighted by Crippen LogP contribution is 2.10. The molecule has 1 N–H and O–H groups in total. The third kappa shape index (κ3) is 3.75. The van der Waals surface area contributed by atoms with E-state index < -0.39 is 0 Å². The number of nitrogens with zero attached hydrogens (tertiary/aromatic N) is 1. The molecule has 0 spiro atoms. The van der Waals surface area contributed by atoms with Crippen LogP contribution in [0.4, 0.5) is 0 Å². The first-order valence-corrected chi connectivity index (χ1v) is 5.15. The van der Waals surface area contributed by atoms with E-state index in [1.165, 1.54) is 0 Å². The SMILES string of the molecule is CCCNCc1cc(OCC)ccn1. The van der Waals surface area contributed by atoms with Crippen molar-refractivity contribution in [3.05, 3.63) is 24.0 Å². The van der Waals surface area contributed by atoms with Gasteiger partial charge in [0.15, 0.2) is 0 Å². The summed E-state index contributed by atoms with van der Waals surface area (Å²) in [6, 6.07) is 3.86. The van der Waals surface area contributed by atoms with E-state index >= 15 is 0 Å². The second-order valence-electron chi connectivity index (χ2n) is 3.09. The highest BCUT2D eigenvalue weighted by molar-refractivity contribution is 5.22. The molecule has 0 atom stereocenters. The Labute approximate surface area is 85.5 Å². The molecule has 0 aliphatic heterocycles. The number of pyridine rings is 1. The molecule has 0 radical (unpaired) electrons. The molecule has 0 aliphatic rings. The van der Waals surface area contributed by atoms with Gasteiger partial charge in [0.2, 0.25) is 0 Å². The van der Waals surface area contributed by atoms with Gasteiger partial charge in [-0.05, 0) is 26.0 Å². The number of ether oxygens (including phenoxy) is 1. The molecule has 78 valence electrons. The zero-order chi connectivity index (χ0) is 10.2.